The van der Waals surface area contributed by atoms with E-state index in [4.69, 9.17) is 23.8 Å². The lowest BCUT2D eigenvalue weighted by molar-refractivity contribution is -0.161. The minimum atomic E-state index is -2.57. The van der Waals surface area contributed by atoms with Crippen molar-refractivity contribution in [2.45, 2.75) is 213 Å². The summed E-state index contributed by atoms with van der Waals surface area (Å²) in [7, 11) is -2.57. The molecule has 0 amide bonds. The molecule has 0 heterocycles. The number of unbranched alkanes of at least 4 members (excludes halogenated alkanes) is 22. The molecule has 274 valence electrons. The van der Waals surface area contributed by atoms with Crippen molar-refractivity contribution in [3.05, 3.63) is 0 Å². The maximum Gasteiger partial charge on any atom is 0.327 e. The van der Waals surface area contributed by atoms with E-state index >= 15 is 0 Å². The molecular weight excluding hydrogens is 599 g/mol. The van der Waals surface area contributed by atoms with Gasteiger partial charge in [-0.25, -0.2) is 0 Å². The molecule has 0 bridgehead atoms. The van der Waals surface area contributed by atoms with Gasteiger partial charge in [0.15, 0.2) is 6.10 Å². The molecule has 2 atom stereocenters. The fourth-order valence-corrected chi connectivity index (χ4v) is 6.24. The summed E-state index contributed by atoms with van der Waals surface area (Å²) in [6.45, 7) is 6.56. The van der Waals surface area contributed by atoms with Crippen LogP contribution in [0.4, 0.5) is 0 Å². The van der Waals surface area contributed by atoms with Gasteiger partial charge in [0.25, 0.3) is 0 Å². The van der Waals surface area contributed by atoms with Crippen LogP contribution in [0.5, 0.6) is 0 Å². The molecule has 0 aliphatic rings. The largest absolute Gasteiger partial charge is 0.462 e. The predicted molar refractivity (Wildman–Crippen MR) is 193 cm³/mol. The van der Waals surface area contributed by atoms with Crippen LogP contribution in [0.15, 0.2) is 0 Å². The van der Waals surface area contributed by atoms with Gasteiger partial charge in [0.1, 0.15) is 6.61 Å². The Bertz CT molecular complexity index is 661. The van der Waals surface area contributed by atoms with E-state index in [0.717, 1.165) is 44.4 Å². The van der Waals surface area contributed by atoms with E-state index in [2.05, 4.69) is 20.8 Å². The quantitative estimate of drug-likeness (QED) is 0.0387. The number of ether oxygens (including phenoxy) is 2. The molecular formula is C38H75O7P. The fraction of sp³-hybridized carbons (Fsp3) is 0.947. The van der Waals surface area contributed by atoms with Gasteiger partial charge in [-0.1, -0.05) is 181 Å². The molecule has 0 fully saturated rings. The SMILES string of the molecule is CCCCCCCCCCCCCCCC(=O)O[C@H](COC(=O)CCCCCCCC[C@H](C)CCCCCCCC)COP(O)O. The van der Waals surface area contributed by atoms with Crippen LogP contribution in [-0.4, -0.2) is 41.0 Å². The first kappa shape index (κ1) is 45.2. The highest BCUT2D eigenvalue weighted by Gasteiger charge is 2.19. The molecule has 0 saturated carbocycles. The standard InChI is InChI=1S/C38H75O7P/c1-4-6-8-10-12-13-14-15-16-17-18-24-28-32-38(40)45-36(34-44-46(41)42)33-43-37(39)31-27-23-20-19-22-26-30-35(3)29-25-21-11-9-7-5-2/h35-36,41-42H,4-34H2,1-3H3/t35-,36-/m1/s1. The lowest BCUT2D eigenvalue weighted by Crippen LogP contribution is -2.29. The van der Waals surface area contributed by atoms with Gasteiger partial charge < -0.3 is 23.8 Å². The van der Waals surface area contributed by atoms with Crippen LogP contribution in [0.1, 0.15) is 207 Å². The number of esters is 2. The van der Waals surface area contributed by atoms with Crippen LogP contribution < -0.4 is 0 Å². The molecule has 0 spiro atoms. The van der Waals surface area contributed by atoms with Gasteiger partial charge in [0.2, 0.25) is 0 Å². The Hall–Kier alpha value is -0.750. The minimum Gasteiger partial charge on any atom is -0.462 e. The number of hydrogen-bond acceptors (Lipinski definition) is 7. The maximum atomic E-state index is 12.4. The Morgan fingerprint density at radius 1 is 0.522 bits per heavy atom. The van der Waals surface area contributed by atoms with Crippen molar-refractivity contribution < 1.29 is 33.4 Å². The first-order chi connectivity index (χ1) is 22.4. The zero-order valence-electron chi connectivity index (χ0n) is 30.5. The highest BCUT2D eigenvalue weighted by Crippen LogP contribution is 2.25. The van der Waals surface area contributed by atoms with Crippen molar-refractivity contribution in [3.63, 3.8) is 0 Å². The van der Waals surface area contributed by atoms with Gasteiger partial charge in [-0.05, 0) is 18.8 Å². The molecule has 46 heavy (non-hydrogen) atoms. The van der Waals surface area contributed by atoms with Crippen LogP contribution in [-0.2, 0) is 23.6 Å². The van der Waals surface area contributed by atoms with Gasteiger partial charge >= 0.3 is 20.5 Å². The highest BCUT2D eigenvalue weighted by atomic mass is 31.2. The zero-order chi connectivity index (χ0) is 33.9. The van der Waals surface area contributed by atoms with Crippen molar-refractivity contribution in [1.82, 2.24) is 0 Å². The van der Waals surface area contributed by atoms with Crippen molar-refractivity contribution in [2.75, 3.05) is 13.2 Å². The second-order valence-corrected chi connectivity index (χ2v) is 14.4. The average Bonchev–Trinajstić information content (AvgIpc) is 3.03. The second kappa shape index (κ2) is 35.6. The summed E-state index contributed by atoms with van der Waals surface area (Å²) < 4.78 is 15.6. The smallest absolute Gasteiger partial charge is 0.327 e. The molecule has 0 aromatic rings. The van der Waals surface area contributed by atoms with Crippen molar-refractivity contribution >= 4 is 20.5 Å². The van der Waals surface area contributed by atoms with Gasteiger partial charge in [0, 0.05) is 12.8 Å². The number of rotatable bonds is 36. The Labute approximate surface area is 285 Å². The van der Waals surface area contributed by atoms with Crippen molar-refractivity contribution in [1.29, 1.82) is 0 Å². The molecule has 0 radical (unpaired) electrons. The number of carbonyl (C=O) groups excluding carboxylic acids is 2. The van der Waals surface area contributed by atoms with Gasteiger partial charge in [-0.3, -0.25) is 9.59 Å². The fourth-order valence-electron chi connectivity index (χ4n) is 5.94. The third-order valence-corrected chi connectivity index (χ3v) is 9.35. The summed E-state index contributed by atoms with van der Waals surface area (Å²) in [5.41, 5.74) is 0. The Morgan fingerprint density at radius 3 is 1.30 bits per heavy atom. The highest BCUT2D eigenvalue weighted by molar-refractivity contribution is 7.39. The van der Waals surface area contributed by atoms with E-state index in [1.54, 1.807) is 0 Å². The predicted octanol–water partition coefficient (Wildman–Crippen LogP) is 11.7. The summed E-state index contributed by atoms with van der Waals surface area (Å²) >= 11 is 0. The maximum absolute atomic E-state index is 12.4. The molecule has 2 N–H and O–H groups in total. The molecule has 7 nitrogen and oxygen atoms in total. The Morgan fingerprint density at radius 2 is 0.891 bits per heavy atom. The summed E-state index contributed by atoms with van der Waals surface area (Å²) in [4.78, 5) is 42.8. The van der Waals surface area contributed by atoms with Gasteiger partial charge in [0.05, 0.1) is 6.61 Å². The molecule has 8 heteroatoms. The summed E-state index contributed by atoms with van der Waals surface area (Å²) in [5.74, 6) is 0.136. The Kier molecular flexibility index (Phi) is 35.0. The lowest BCUT2D eigenvalue weighted by Gasteiger charge is -2.18. The zero-order valence-corrected chi connectivity index (χ0v) is 31.4. The normalized spacial score (nSPS) is 12.8. The number of hydrogen-bond donors (Lipinski definition) is 2. The minimum absolute atomic E-state index is 0.136. The summed E-state index contributed by atoms with van der Waals surface area (Å²) in [6, 6.07) is 0. The first-order valence-electron chi connectivity index (χ1n) is 19.5. The second-order valence-electron chi connectivity index (χ2n) is 13.7. The van der Waals surface area contributed by atoms with Crippen LogP contribution in [0.25, 0.3) is 0 Å². The topological polar surface area (TPSA) is 102 Å². The molecule has 0 rings (SSSR count). The van der Waals surface area contributed by atoms with Crippen molar-refractivity contribution in [2.24, 2.45) is 5.92 Å². The Balaban J connectivity index is 3.86. The number of carbonyl (C=O) groups is 2. The van der Waals surface area contributed by atoms with E-state index in [0.29, 0.717) is 12.8 Å². The third-order valence-electron chi connectivity index (χ3n) is 8.97. The molecule has 0 saturated heterocycles. The van der Waals surface area contributed by atoms with Gasteiger partial charge in [-0.15, -0.1) is 0 Å². The monoisotopic (exact) mass is 675 g/mol. The van der Waals surface area contributed by atoms with Crippen LogP contribution in [0.2, 0.25) is 0 Å². The van der Waals surface area contributed by atoms with Crippen LogP contribution in [0, 0.1) is 5.92 Å². The average molecular weight is 675 g/mol. The molecule has 0 aromatic carbocycles. The van der Waals surface area contributed by atoms with Gasteiger partial charge in [-0.2, -0.15) is 0 Å². The summed E-state index contributed by atoms with van der Waals surface area (Å²) in [6.07, 6.45) is 33.5. The first-order valence-corrected chi connectivity index (χ1v) is 20.7. The molecule has 0 aliphatic heterocycles. The van der Waals surface area contributed by atoms with Crippen LogP contribution in [0.3, 0.4) is 0 Å². The molecule has 0 aliphatic carbocycles. The van der Waals surface area contributed by atoms with E-state index in [1.165, 1.54) is 135 Å². The van der Waals surface area contributed by atoms with E-state index < -0.39 is 14.7 Å². The van der Waals surface area contributed by atoms with Crippen LogP contribution >= 0.6 is 8.60 Å². The third kappa shape index (κ3) is 34.6. The van der Waals surface area contributed by atoms with E-state index in [1.807, 2.05) is 0 Å². The van der Waals surface area contributed by atoms with E-state index in [9.17, 15) is 9.59 Å². The van der Waals surface area contributed by atoms with E-state index in [-0.39, 0.29) is 25.2 Å². The lowest BCUT2D eigenvalue weighted by atomic mass is 9.96. The molecule has 0 unspecified atom stereocenters. The summed E-state index contributed by atoms with van der Waals surface area (Å²) in [5, 5.41) is 0. The van der Waals surface area contributed by atoms with Crippen molar-refractivity contribution in [3.8, 4) is 0 Å². The molecule has 0 aromatic heterocycles.